The zero-order chi connectivity index (χ0) is 54.6. The van der Waals surface area contributed by atoms with E-state index < -0.39 is 160 Å². The van der Waals surface area contributed by atoms with Gasteiger partial charge in [0.1, 0.15) is 97.7 Å². The molecule has 0 amide bonds. The summed E-state index contributed by atoms with van der Waals surface area (Å²) in [6, 6.07) is 0. The van der Waals surface area contributed by atoms with Gasteiger partial charge in [0.2, 0.25) is 0 Å². The van der Waals surface area contributed by atoms with Crippen molar-refractivity contribution in [2.45, 2.75) is 190 Å². The molecule has 22 nitrogen and oxygen atoms in total. The Hall–Kier alpha value is -2.73. The molecule has 0 saturated carbocycles. The predicted octanol–water partition coefficient (Wildman–Crippen LogP) is -2.31. The van der Waals surface area contributed by atoms with Crippen LogP contribution in [0.5, 0.6) is 0 Å². The number of carbonyl (C=O) groups excluding carboxylic acids is 1. The Morgan fingerprint density at radius 1 is 0.726 bits per heavy atom. The van der Waals surface area contributed by atoms with Crippen LogP contribution in [0.15, 0.2) is 71.9 Å². The molecule has 0 spiro atoms. The van der Waals surface area contributed by atoms with E-state index in [1.807, 2.05) is 58.1 Å². The van der Waals surface area contributed by atoms with Crippen LogP contribution in [0, 0.1) is 23.7 Å². The Kier molecular flexibility index (Phi) is 24.6. The summed E-state index contributed by atoms with van der Waals surface area (Å²) in [6.07, 6.45) is -14.2. The number of hydrogen-bond donors (Lipinski definition) is 14. The van der Waals surface area contributed by atoms with Gasteiger partial charge >= 0.3 is 0 Å². The van der Waals surface area contributed by atoms with E-state index in [1.54, 1.807) is 32.9 Å². The SMILES string of the molecule is CO[C@H](/C=C/C(C)C)[C@@H](O)[C@H](O)[C@H](O)/C=C/CC1=C[C@H](O)[C@H](C(C)/C=C/C=C(C)/C=C/CC(C)(C)O[C@@H]2O[C@H](CO[C@@H]3O[C@H](CO)[C@@H](O)[C@H](O)[C@H]3O)[C@@H](O)[C@H](O[C@@H]3O[C@H](CO)[C@@H](O)[C@H](O)[C@H]3O)[C@H]2O)[C@@H](C)C1=O. The van der Waals surface area contributed by atoms with Gasteiger partial charge in [0.15, 0.2) is 24.7 Å². The van der Waals surface area contributed by atoms with E-state index in [-0.39, 0.29) is 30.5 Å². The van der Waals surface area contributed by atoms with E-state index in [0.29, 0.717) is 5.57 Å². The second kappa shape index (κ2) is 28.6. The largest absolute Gasteiger partial charge is 0.394 e. The van der Waals surface area contributed by atoms with Crippen LogP contribution in [0.2, 0.25) is 0 Å². The third-order valence-corrected chi connectivity index (χ3v) is 13.6. The molecule has 4 aliphatic rings. The number of aliphatic hydroxyl groups excluding tert-OH is 14. The van der Waals surface area contributed by atoms with Crippen LogP contribution in [-0.4, -0.2) is 232 Å². The maximum atomic E-state index is 13.4. The number of carbonyl (C=O) groups is 1. The lowest BCUT2D eigenvalue weighted by Crippen LogP contribution is -2.65. The normalized spacial score (nSPS) is 38.4. The molecule has 1 aliphatic carbocycles. The van der Waals surface area contributed by atoms with Crippen LogP contribution < -0.4 is 0 Å². The van der Waals surface area contributed by atoms with E-state index in [4.69, 9.17) is 33.2 Å². The smallest absolute Gasteiger partial charge is 0.187 e. The fourth-order valence-corrected chi connectivity index (χ4v) is 9.09. The van der Waals surface area contributed by atoms with E-state index in [0.717, 1.165) is 5.57 Å². The Balaban J connectivity index is 1.39. The lowest BCUT2D eigenvalue weighted by atomic mass is 9.71. The Bertz CT molecular complexity index is 1880. The topological polar surface area (TPSA) is 365 Å². The van der Waals surface area contributed by atoms with Crippen LogP contribution in [0.4, 0.5) is 0 Å². The molecule has 0 aromatic carbocycles. The van der Waals surface area contributed by atoms with Crippen molar-refractivity contribution >= 4 is 5.78 Å². The number of allylic oxidation sites excluding steroid dienone is 8. The number of Topliss-reactive ketones (excluding diaryl/α,β-unsaturated/α-hetero) is 1. The molecule has 3 fully saturated rings. The molecule has 1 unspecified atom stereocenters. The summed E-state index contributed by atoms with van der Waals surface area (Å²) >= 11 is 0. The van der Waals surface area contributed by atoms with Crippen LogP contribution in [-0.2, 0) is 38.0 Å². The highest BCUT2D eigenvalue weighted by Gasteiger charge is 2.53. The molecule has 0 aromatic heterocycles. The lowest BCUT2D eigenvalue weighted by molar-refractivity contribution is -0.373. The van der Waals surface area contributed by atoms with Crippen LogP contribution >= 0.6 is 0 Å². The Morgan fingerprint density at radius 2 is 1.32 bits per heavy atom. The molecule has 3 saturated heterocycles. The van der Waals surface area contributed by atoms with Gasteiger partial charge in [0.25, 0.3) is 0 Å². The second-order valence-corrected chi connectivity index (χ2v) is 20.3. The molecule has 3 heterocycles. The quantitative estimate of drug-likeness (QED) is 0.0357. The number of ether oxygens (including phenoxy) is 7. The number of aliphatic hydroxyl groups is 14. The zero-order valence-electron chi connectivity index (χ0n) is 42.7. The van der Waals surface area contributed by atoms with Gasteiger partial charge in [-0.1, -0.05) is 88.0 Å². The van der Waals surface area contributed by atoms with Gasteiger partial charge in [-0.25, -0.2) is 0 Å². The number of ketones is 1. The highest BCUT2D eigenvalue weighted by molar-refractivity contribution is 5.98. The van der Waals surface area contributed by atoms with Gasteiger partial charge in [-0.2, -0.15) is 0 Å². The van der Waals surface area contributed by atoms with Gasteiger partial charge in [0.05, 0.1) is 31.5 Å². The van der Waals surface area contributed by atoms with E-state index in [9.17, 15) is 76.3 Å². The van der Waals surface area contributed by atoms with E-state index in [2.05, 4.69) is 0 Å². The van der Waals surface area contributed by atoms with Crippen LogP contribution in [0.1, 0.15) is 61.3 Å². The van der Waals surface area contributed by atoms with Crippen molar-refractivity contribution in [2.75, 3.05) is 26.9 Å². The minimum absolute atomic E-state index is 0.0932. The van der Waals surface area contributed by atoms with E-state index >= 15 is 0 Å². The van der Waals surface area contributed by atoms with Crippen molar-refractivity contribution in [1.29, 1.82) is 0 Å². The van der Waals surface area contributed by atoms with Gasteiger partial charge in [0, 0.05) is 18.9 Å². The lowest BCUT2D eigenvalue weighted by Gasteiger charge is -2.47. The molecule has 14 N–H and O–H groups in total. The molecule has 73 heavy (non-hydrogen) atoms. The molecule has 23 atom stereocenters. The number of hydrogen-bond acceptors (Lipinski definition) is 22. The summed E-state index contributed by atoms with van der Waals surface area (Å²) in [4.78, 5) is 13.4. The Morgan fingerprint density at radius 3 is 1.90 bits per heavy atom. The molecular formula is C51H82O22. The van der Waals surface area contributed by atoms with Gasteiger partial charge in [-0.3, -0.25) is 4.79 Å². The monoisotopic (exact) mass is 1050 g/mol. The molecule has 22 heteroatoms. The molecule has 418 valence electrons. The first-order chi connectivity index (χ1) is 34.3. The van der Waals surface area contributed by atoms with Crippen molar-refractivity contribution in [3.05, 3.63) is 71.9 Å². The minimum atomic E-state index is -1.91. The van der Waals surface area contributed by atoms with Gasteiger partial charge in [-0.05, 0) is 57.1 Å². The molecule has 0 bridgehead atoms. The summed E-state index contributed by atoms with van der Waals surface area (Å²) < 4.78 is 39.8. The minimum Gasteiger partial charge on any atom is -0.394 e. The average Bonchev–Trinajstić information content (AvgIpc) is 3.34. The molecule has 0 aromatic rings. The van der Waals surface area contributed by atoms with Crippen molar-refractivity contribution in [2.24, 2.45) is 23.7 Å². The second-order valence-electron chi connectivity index (χ2n) is 20.3. The summed E-state index contributed by atoms with van der Waals surface area (Å²) in [5.74, 6) is -1.20. The fraction of sp³-hybridized carbons (Fsp3) is 0.745. The van der Waals surface area contributed by atoms with Gasteiger partial charge in [-0.15, -0.1) is 0 Å². The summed E-state index contributed by atoms with van der Waals surface area (Å²) in [5, 5.41) is 147. The maximum absolute atomic E-state index is 13.4. The highest BCUT2D eigenvalue weighted by Crippen LogP contribution is 2.36. The first-order valence-corrected chi connectivity index (χ1v) is 24.7. The number of rotatable bonds is 24. The third kappa shape index (κ3) is 16.6. The number of methoxy groups -OCH3 is 1. The first-order valence-electron chi connectivity index (χ1n) is 24.7. The molecule has 4 rings (SSSR count). The fourth-order valence-electron chi connectivity index (χ4n) is 9.09. The summed E-state index contributed by atoms with van der Waals surface area (Å²) in [5.41, 5.74) is 0.0639. The maximum Gasteiger partial charge on any atom is 0.187 e. The standard InChI is InChI=1S/C51H82O22/c1-24(2)17-18-31(67-8)38(58)37(57)29(54)16-10-15-28-20-30(55)35(27(5)36(28)56)26(4)14-9-12-25(3)13-11-19-51(6,7)73-50-46(66)47(72-49-45(65)43(63)40(60)33(22-53)70-49)41(61)34(71-50)23-68-48-44(64)42(62)39(59)32(21-52)69-48/h9-14,16-18,20,24,26-27,29-35,37-50,52-55,57-66H,15,19,21-23H2,1-8H3/b13-11+,14-9+,16-10+,18-17+,25-12+/t26?,27-,29-,30+,31-,32-,33-,34-,35-,37-,38-,39-,40-,41-,42+,43+,44-,45-,46-,47+,48-,49+,50+/m1/s1. The van der Waals surface area contributed by atoms with Crippen LogP contribution in [0.3, 0.4) is 0 Å². The molecule has 3 aliphatic heterocycles. The van der Waals surface area contributed by atoms with Crippen molar-refractivity contribution in [1.82, 2.24) is 0 Å². The zero-order valence-corrected chi connectivity index (χ0v) is 42.7. The summed E-state index contributed by atoms with van der Waals surface area (Å²) in [6.45, 7) is 10.6. The van der Waals surface area contributed by atoms with Crippen molar-refractivity contribution in [3.8, 4) is 0 Å². The van der Waals surface area contributed by atoms with Crippen molar-refractivity contribution in [3.63, 3.8) is 0 Å². The predicted molar refractivity (Wildman–Crippen MR) is 258 cm³/mol. The third-order valence-electron chi connectivity index (χ3n) is 13.6. The average molecular weight is 1050 g/mol. The van der Waals surface area contributed by atoms with E-state index in [1.165, 1.54) is 25.3 Å². The molecule has 0 radical (unpaired) electrons. The summed E-state index contributed by atoms with van der Waals surface area (Å²) in [7, 11) is 1.38. The van der Waals surface area contributed by atoms with Gasteiger partial charge < -0.3 is 105 Å². The Labute approximate surface area is 426 Å². The highest BCUT2D eigenvalue weighted by atomic mass is 16.8. The van der Waals surface area contributed by atoms with Crippen molar-refractivity contribution < 1.29 is 109 Å². The van der Waals surface area contributed by atoms with Crippen LogP contribution in [0.25, 0.3) is 0 Å². The molecular weight excluding hydrogens is 965 g/mol. The first kappa shape index (κ1) is 62.8.